The average Bonchev–Trinajstić information content (AvgIpc) is 2.86. The number of nitrogens with two attached hydrogens (primary N) is 1. The molecule has 0 aliphatic heterocycles. The van der Waals surface area contributed by atoms with E-state index in [9.17, 15) is 13.2 Å². The van der Waals surface area contributed by atoms with E-state index in [4.69, 9.17) is 5.14 Å². The zero-order valence-electron chi connectivity index (χ0n) is 11.1. The lowest BCUT2D eigenvalue weighted by molar-refractivity contribution is -0.120. The summed E-state index contributed by atoms with van der Waals surface area (Å²) in [7, 11) is -3.67. The molecule has 1 aromatic rings. The van der Waals surface area contributed by atoms with Crippen molar-refractivity contribution in [3.05, 3.63) is 28.7 Å². The van der Waals surface area contributed by atoms with Crippen LogP contribution in [0, 0.1) is 0 Å². The maximum atomic E-state index is 11.8. The molecule has 7 heteroatoms. The van der Waals surface area contributed by atoms with E-state index >= 15 is 0 Å². The summed E-state index contributed by atoms with van der Waals surface area (Å²) in [6.45, 7) is 0.590. The van der Waals surface area contributed by atoms with Gasteiger partial charge >= 0.3 is 0 Å². The van der Waals surface area contributed by atoms with Gasteiger partial charge in [-0.15, -0.1) is 11.3 Å². The van der Waals surface area contributed by atoms with Crippen LogP contribution in [0.1, 0.15) is 30.6 Å². The van der Waals surface area contributed by atoms with E-state index in [-0.39, 0.29) is 16.5 Å². The van der Waals surface area contributed by atoms with Crippen molar-refractivity contribution < 1.29 is 13.2 Å². The highest BCUT2D eigenvalue weighted by Crippen LogP contribution is 2.21. The summed E-state index contributed by atoms with van der Waals surface area (Å²) in [5, 5.41) is 7.90. The fourth-order valence-corrected chi connectivity index (χ4v) is 3.88. The van der Waals surface area contributed by atoms with E-state index in [1.807, 2.05) is 0 Å². The summed E-state index contributed by atoms with van der Waals surface area (Å²) >= 11 is 1.04. The molecule has 0 atom stereocenters. The van der Waals surface area contributed by atoms with Crippen LogP contribution in [0.25, 0.3) is 0 Å². The number of primary sulfonamides is 1. The molecule has 0 fully saturated rings. The third-order valence-corrected chi connectivity index (χ3v) is 5.67. The predicted molar refractivity (Wildman–Crippen MR) is 79.0 cm³/mol. The van der Waals surface area contributed by atoms with Crippen molar-refractivity contribution in [2.75, 3.05) is 6.54 Å². The van der Waals surface area contributed by atoms with Crippen molar-refractivity contribution in [2.24, 2.45) is 5.14 Å². The number of hydrogen-bond donors (Lipinski definition) is 2. The number of carbonyl (C=O) groups is 1. The van der Waals surface area contributed by atoms with Crippen molar-refractivity contribution in [3.63, 3.8) is 0 Å². The zero-order valence-corrected chi connectivity index (χ0v) is 12.7. The molecule has 0 aromatic carbocycles. The Morgan fingerprint density at radius 1 is 1.35 bits per heavy atom. The minimum absolute atomic E-state index is 0.0929. The second-order valence-corrected chi connectivity index (χ2v) is 7.78. The van der Waals surface area contributed by atoms with Crippen LogP contribution in [0.4, 0.5) is 0 Å². The molecule has 5 nitrogen and oxygen atoms in total. The van der Waals surface area contributed by atoms with E-state index in [1.54, 1.807) is 6.07 Å². The highest BCUT2D eigenvalue weighted by atomic mass is 32.2. The number of allylic oxidation sites excluding steroid dienone is 1. The van der Waals surface area contributed by atoms with Crippen molar-refractivity contribution >= 4 is 27.3 Å². The second-order valence-electron chi connectivity index (χ2n) is 4.83. The Hall–Kier alpha value is -1.18. The molecule has 0 saturated carbocycles. The van der Waals surface area contributed by atoms with E-state index in [0.29, 0.717) is 11.4 Å². The first kappa shape index (κ1) is 15.2. The summed E-state index contributed by atoms with van der Waals surface area (Å²) in [5.41, 5.74) is 1.28. The Labute approximate surface area is 122 Å². The minimum atomic E-state index is -3.67. The topological polar surface area (TPSA) is 89.3 Å². The van der Waals surface area contributed by atoms with E-state index in [2.05, 4.69) is 11.4 Å². The van der Waals surface area contributed by atoms with Crippen molar-refractivity contribution in [2.45, 2.75) is 36.3 Å². The molecule has 1 aliphatic rings. The number of hydrogen-bond acceptors (Lipinski definition) is 4. The van der Waals surface area contributed by atoms with Gasteiger partial charge in [0.2, 0.25) is 15.9 Å². The van der Waals surface area contributed by atoms with Crippen LogP contribution >= 0.6 is 11.3 Å². The van der Waals surface area contributed by atoms with Crippen molar-refractivity contribution in [1.29, 1.82) is 0 Å². The van der Waals surface area contributed by atoms with Crippen LogP contribution in [0.15, 0.2) is 28.0 Å². The largest absolute Gasteiger partial charge is 0.352 e. The Morgan fingerprint density at radius 2 is 2.15 bits per heavy atom. The summed E-state index contributed by atoms with van der Waals surface area (Å²) in [6.07, 6.45) is 6.93. The van der Waals surface area contributed by atoms with Crippen LogP contribution in [0.5, 0.6) is 0 Å². The molecule has 20 heavy (non-hydrogen) atoms. The van der Waals surface area contributed by atoms with Gasteiger partial charge in [-0.05, 0) is 37.8 Å². The van der Waals surface area contributed by atoms with Gasteiger partial charge in [-0.2, -0.15) is 0 Å². The van der Waals surface area contributed by atoms with Crippen LogP contribution in [-0.2, 0) is 21.2 Å². The monoisotopic (exact) mass is 314 g/mol. The van der Waals surface area contributed by atoms with Gasteiger partial charge in [-0.3, -0.25) is 4.79 Å². The number of carbonyl (C=O) groups excluding carboxylic acids is 1. The molecule has 0 radical (unpaired) electrons. The third kappa shape index (κ3) is 4.43. The fourth-order valence-electron chi connectivity index (χ4n) is 2.10. The lowest BCUT2D eigenvalue weighted by Crippen LogP contribution is -2.27. The SMILES string of the molecule is NS(=O)(=O)c1ccc(CC(=O)NCC2=CCCCC2)s1. The smallest absolute Gasteiger partial charge is 0.247 e. The molecular formula is C13H18N2O3S2. The molecule has 0 spiro atoms. The Bertz CT molecular complexity index is 617. The van der Waals surface area contributed by atoms with Crippen molar-refractivity contribution in [1.82, 2.24) is 5.32 Å². The predicted octanol–water partition coefficient (Wildman–Crippen LogP) is 1.55. The standard InChI is InChI=1S/C13H18N2O3S2/c14-20(17,18)13-7-6-11(19-13)8-12(16)15-9-10-4-2-1-3-5-10/h4,6-7H,1-3,5,8-9H2,(H,15,16)(H2,14,17,18). The molecule has 0 saturated heterocycles. The number of thiophene rings is 1. The highest BCUT2D eigenvalue weighted by Gasteiger charge is 2.13. The summed E-state index contributed by atoms with van der Waals surface area (Å²) in [6, 6.07) is 3.07. The van der Waals surface area contributed by atoms with Gasteiger partial charge in [0.15, 0.2) is 0 Å². The van der Waals surface area contributed by atoms with Gasteiger partial charge in [0.25, 0.3) is 0 Å². The first-order chi connectivity index (χ1) is 9.45. The Kier molecular flexibility index (Phi) is 4.95. The Morgan fingerprint density at radius 3 is 2.75 bits per heavy atom. The fraction of sp³-hybridized carbons (Fsp3) is 0.462. The highest BCUT2D eigenvalue weighted by molar-refractivity contribution is 7.91. The number of rotatable bonds is 5. The van der Waals surface area contributed by atoms with Gasteiger partial charge in [0.05, 0.1) is 6.42 Å². The minimum Gasteiger partial charge on any atom is -0.352 e. The van der Waals surface area contributed by atoms with Gasteiger partial charge in [0.1, 0.15) is 4.21 Å². The lowest BCUT2D eigenvalue weighted by atomic mass is 10.00. The van der Waals surface area contributed by atoms with Crippen molar-refractivity contribution in [3.8, 4) is 0 Å². The second kappa shape index (κ2) is 6.51. The summed E-state index contributed by atoms with van der Waals surface area (Å²) < 4.78 is 22.4. The van der Waals surface area contributed by atoms with Gasteiger partial charge in [-0.25, -0.2) is 13.6 Å². The summed E-state index contributed by atoms with van der Waals surface area (Å²) in [5.74, 6) is -0.0979. The van der Waals surface area contributed by atoms with Gasteiger partial charge in [0, 0.05) is 11.4 Å². The molecule has 1 aliphatic carbocycles. The van der Waals surface area contributed by atoms with Gasteiger partial charge < -0.3 is 5.32 Å². The number of amides is 1. The van der Waals surface area contributed by atoms with E-state index in [0.717, 1.165) is 24.2 Å². The maximum absolute atomic E-state index is 11.8. The first-order valence-corrected chi connectivity index (χ1v) is 8.87. The van der Waals surface area contributed by atoms with E-state index < -0.39 is 10.0 Å². The van der Waals surface area contributed by atoms with Crippen LogP contribution in [0.2, 0.25) is 0 Å². The lowest BCUT2D eigenvalue weighted by Gasteiger charge is -2.13. The molecule has 0 unspecified atom stereocenters. The molecule has 3 N–H and O–H groups in total. The third-order valence-electron chi connectivity index (χ3n) is 3.15. The molecule has 1 heterocycles. The molecule has 110 valence electrons. The Balaban J connectivity index is 1.85. The van der Waals surface area contributed by atoms with Crippen LogP contribution in [0.3, 0.4) is 0 Å². The number of nitrogens with one attached hydrogen (secondary N) is 1. The summed E-state index contributed by atoms with van der Waals surface area (Å²) in [4.78, 5) is 12.5. The van der Waals surface area contributed by atoms with Crippen LogP contribution in [-0.4, -0.2) is 20.9 Å². The maximum Gasteiger partial charge on any atom is 0.247 e. The zero-order chi connectivity index (χ0) is 14.6. The quantitative estimate of drug-likeness (QED) is 0.808. The molecule has 1 aromatic heterocycles. The van der Waals surface area contributed by atoms with Crippen LogP contribution < -0.4 is 10.5 Å². The number of sulfonamides is 1. The molecular weight excluding hydrogens is 296 g/mol. The molecule has 2 rings (SSSR count). The first-order valence-electron chi connectivity index (χ1n) is 6.51. The normalized spacial score (nSPS) is 15.8. The van der Waals surface area contributed by atoms with E-state index in [1.165, 1.54) is 24.5 Å². The van der Waals surface area contributed by atoms with Gasteiger partial charge in [-0.1, -0.05) is 11.6 Å². The molecule has 0 bridgehead atoms. The molecule has 1 amide bonds. The average molecular weight is 314 g/mol.